The van der Waals surface area contributed by atoms with Crippen molar-refractivity contribution < 1.29 is 13.2 Å². The highest BCUT2D eigenvalue weighted by molar-refractivity contribution is 7.92. The molecule has 0 atom stereocenters. The van der Waals surface area contributed by atoms with E-state index in [1.54, 1.807) is 12.4 Å². The standard InChI is InChI=1S/C23H22ClN3O3S/c24-17-1-2-20-16(9-17)10-18(26(20)8-4-15-13-31(29,30)14-15)12-27-21-11-25-7-3-19(21)23(5-6-23)22(27)28/h1-3,7,9-11,15H,4-6,8,12-14H2. The molecule has 2 aromatic heterocycles. The Morgan fingerprint density at radius 2 is 1.97 bits per heavy atom. The summed E-state index contributed by atoms with van der Waals surface area (Å²) in [6.45, 7) is 1.18. The fourth-order valence-electron chi connectivity index (χ4n) is 5.26. The molecule has 1 saturated carbocycles. The average molecular weight is 456 g/mol. The van der Waals surface area contributed by atoms with Gasteiger partial charge in [-0.15, -0.1) is 0 Å². The van der Waals surface area contributed by atoms with E-state index in [2.05, 4.69) is 15.6 Å². The first-order valence-electron chi connectivity index (χ1n) is 10.6. The number of sulfone groups is 1. The van der Waals surface area contributed by atoms with E-state index in [0.717, 1.165) is 47.1 Å². The van der Waals surface area contributed by atoms with E-state index in [1.807, 2.05) is 29.2 Å². The van der Waals surface area contributed by atoms with Crippen LogP contribution >= 0.6 is 11.6 Å². The molecule has 1 aliphatic carbocycles. The molecule has 3 aliphatic rings. The smallest absolute Gasteiger partial charge is 0.238 e. The molecule has 3 aromatic rings. The zero-order valence-electron chi connectivity index (χ0n) is 16.9. The monoisotopic (exact) mass is 455 g/mol. The van der Waals surface area contributed by atoms with Crippen LogP contribution < -0.4 is 4.90 Å². The van der Waals surface area contributed by atoms with E-state index in [1.165, 1.54) is 0 Å². The fraction of sp³-hybridized carbons (Fsp3) is 0.391. The molecule has 1 saturated heterocycles. The second-order valence-electron chi connectivity index (χ2n) is 9.09. The Bertz CT molecular complexity index is 1330. The number of rotatable bonds is 5. The Hall–Kier alpha value is -2.38. The van der Waals surface area contributed by atoms with E-state index in [0.29, 0.717) is 18.1 Å². The van der Waals surface area contributed by atoms with Crippen molar-refractivity contribution in [1.82, 2.24) is 9.55 Å². The van der Waals surface area contributed by atoms with Gasteiger partial charge in [-0.3, -0.25) is 9.78 Å². The van der Waals surface area contributed by atoms with Crippen molar-refractivity contribution in [2.75, 3.05) is 16.4 Å². The zero-order valence-corrected chi connectivity index (χ0v) is 18.5. The summed E-state index contributed by atoms with van der Waals surface area (Å²) in [5.41, 5.74) is 3.74. The summed E-state index contributed by atoms with van der Waals surface area (Å²) in [6, 6.07) is 9.89. The maximum atomic E-state index is 13.3. The number of benzene rings is 1. The number of halogens is 1. The summed E-state index contributed by atoms with van der Waals surface area (Å²) in [4.78, 5) is 19.5. The molecule has 0 unspecified atom stereocenters. The molecule has 1 spiro atoms. The van der Waals surface area contributed by atoms with Crippen LogP contribution in [0.15, 0.2) is 42.7 Å². The summed E-state index contributed by atoms with van der Waals surface area (Å²) in [5.74, 6) is 0.921. The van der Waals surface area contributed by atoms with Gasteiger partial charge in [-0.25, -0.2) is 8.42 Å². The lowest BCUT2D eigenvalue weighted by Crippen LogP contribution is -2.37. The van der Waals surface area contributed by atoms with Crippen LogP contribution in [0.4, 0.5) is 5.69 Å². The van der Waals surface area contributed by atoms with Gasteiger partial charge < -0.3 is 9.47 Å². The zero-order chi connectivity index (χ0) is 21.4. The van der Waals surface area contributed by atoms with Crippen LogP contribution in [0.1, 0.15) is 30.5 Å². The molecule has 31 heavy (non-hydrogen) atoms. The van der Waals surface area contributed by atoms with E-state index < -0.39 is 9.84 Å². The predicted molar refractivity (Wildman–Crippen MR) is 120 cm³/mol. The second-order valence-corrected chi connectivity index (χ2v) is 11.7. The van der Waals surface area contributed by atoms with E-state index >= 15 is 0 Å². The number of hydrogen-bond acceptors (Lipinski definition) is 4. The molecule has 0 N–H and O–H groups in total. The van der Waals surface area contributed by atoms with Crippen LogP contribution in [0.3, 0.4) is 0 Å². The number of nitrogens with zero attached hydrogens (tertiary/aromatic N) is 3. The molecule has 2 fully saturated rings. The van der Waals surface area contributed by atoms with Crippen molar-refractivity contribution in [2.24, 2.45) is 5.92 Å². The van der Waals surface area contributed by atoms with E-state index in [9.17, 15) is 13.2 Å². The highest BCUT2D eigenvalue weighted by Gasteiger charge is 2.59. The van der Waals surface area contributed by atoms with Gasteiger partial charge in [0.15, 0.2) is 9.84 Å². The maximum absolute atomic E-state index is 13.3. The molecule has 2 aliphatic heterocycles. The molecule has 160 valence electrons. The van der Waals surface area contributed by atoms with E-state index in [-0.39, 0.29) is 28.7 Å². The average Bonchev–Trinajstić information content (AvgIpc) is 3.41. The number of aromatic nitrogens is 2. The number of fused-ring (bicyclic) bond motifs is 3. The first kappa shape index (κ1) is 19.3. The van der Waals surface area contributed by atoms with Gasteiger partial charge in [-0.2, -0.15) is 0 Å². The summed E-state index contributed by atoms with van der Waals surface area (Å²) >= 11 is 6.23. The van der Waals surface area contributed by atoms with Gasteiger partial charge in [0.25, 0.3) is 0 Å². The number of aryl methyl sites for hydroxylation is 1. The van der Waals surface area contributed by atoms with E-state index in [4.69, 9.17) is 11.6 Å². The quantitative estimate of drug-likeness (QED) is 0.588. The van der Waals surface area contributed by atoms with Gasteiger partial charge in [0.2, 0.25) is 5.91 Å². The third kappa shape index (κ3) is 3.01. The first-order chi connectivity index (χ1) is 14.9. The topological polar surface area (TPSA) is 72.3 Å². The van der Waals surface area contributed by atoms with Crippen molar-refractivity contribution in [2.45, 2.75) is 37.8 Å². The van der Waals surface area contributed by atoms with Gasteiger partial charge in [0.05, 0.1) is 35.3 Å². The Balaban J connectivity index is 1.35. The number of carbonyl (C=O) groups is 1. The first-order valence-corrected chi connectivity index (χ1v) is 12.8. The minimum absolute atomic E-state index is 0.162. The summed E-state index contributed by atoms with van der Waals surface area (Å²) in [6.07, 6.45) is 6.15. The molecule has 6 rings (SSSR count). The lowest BCUT2D eigenvalue weighted by molar-refractivity contribution is -0.120. The number of pyridine rings is 1. The van der Waals surface area contributed by atoms with Gasteiger partial charge in [0.1, 0.15) is 0 Å². The number of carbonyl (C=O) groups excluding carboxylic acids is 1. The molecule has 1 aromatic carbocycles. The van der Waals surface area contributed by atoms with Crippen molar-refractivity contribution in [3.05, 3.63) is 59.0 Å². The van der Waals surface area contributed by atoms with Crippen LogP contribution in [-0.2, 0) is 33.1 Å². The van der Waals surface area contributed by atoms with Crippen LogP contribution in [-0.4, -0.2) is 35.4 Å². The molecule has 0 bridgehead atoms. The van der Waals surface area contributed by atoms with Crippen LogP contribution in [0, 0.1) is 5.92 Å². The third-order valence-electron chi connectivity index (χ3n) is 7.02. The van der Waals surface area contributed by atoms with Crippen LogP contribution in [0.2, 0.25) is 5.02 Å². The summed E-state index contributed by atoms with van der Waals surface area (Å²) < 4.78 is 25.3. The van der Waals surface area contributed by atoms with Crippen molar-refractivity contribution in [3.63, 3.8) is 0 Å². The fourth-order valence-corrected chi connectivity index (χ4v) is 7.11. The lowest BCUT2D eigenvalue weighted by atomic mass is 9.99. The van der Waals surface area contributed by atoms with Gasteiger partial charge in [0, 0.05) is 34.4 Å². The summed E-state index contributed by atoms with van der Waals surface area (Å²) in [7, 11) is -2.83. The van der Waals surface area contributed by atoms with Gasteiger partial charge in [-0.1, -0.05) is 11.6 Å². The third-order valence-corrected chi connectivity index (χ3v) is 9.21. The molecular formula is C23H22ClN3O3S. The van der Waals surface area contributed by atoms with Gasteiger partial charge >= 0.3 is 0 Å². The van der Waals surface area contributed by atoms with Crippen LogP contribution in [0.5, 0.6) is 0 Å². The Morgan fingerprint density at radius 1 is 1.16 bits per heavy atom. The minimum atomic E-state index is -2.83. The molecule has 8 heteroatoms. The SMILES string of the molecule is O=C1N(Cc2cc3cc(Cl)ccc3n2CCC2CS(=O)(=O)C2)c2cnccc2C12CC2. The molecular weight excluding hydrogens is 434 g/mol. The Morgan fingerprint density at radius 3 is 2.71 bits per heavy atom. The Kier molecular flexibility index (Phi) is 4.09. The number of hydrogen-bond donors (Lipinski definition) is 0. The predicted octanol–water partition coefficient (Wildman–Crippen LogP) is 3.70. The number of anilines is 1. The summed E-state index contributed by atoms with van der Waals surface area (Å²) in [5, 5.41) is 1.70. The van der Waals surface area contributed by atoms with Crippen LogP contribution in [0.25, 0.3) is 10.9 Å². The second kappa shape index (κ2) is 6.56. The van der Waals surface area contributed by atoms with Gasteiger partial charge in [-0.05, 0) is 61.1 Å². The van der Waals surface area contributed by atoms with Crippen molar-refractivity contribution in [1.29, 1.82) is 0 Å². The molecule has 6 nitrogen and oxygen atoms in total. The van der Waals surface area contributed by atoms with Crippen molar-refractivity contribution in [3.8, 4) is 0 Å². The highest BCUT2D eigenvalue weighted by atomic mass is 35.5. The molecule has 0 radical (unpaired) electrons. The maximum Gasteiger partial charge on any atom is 0.238 e. The molecule has 1 amide bonds. The largest absolute Gasteiger partial charge is 0.343 e. The van der Waals surface area contributed by atoms with Crippen molar-refractivity contribution >= 4 is 43.9 Å². The Labute approximate surface area is 185 Å². The molecule has 4 heterocycles. The highest BCUT2D eigenvalue weighted by Crippen LogP contribution is 2.57. The minimum Gasteiger partial charge on any atom is -0.343 e. The lowest BCUT2D eigenvalue weighted by Gasteiger charge is -2.26. The number of amides is 1. The normalized spacial score (nSPS) is 20.9.